The third-order valence-electron chi connectivity index (χ3n) is 5.04. The van der Waals surface area contributed by atoms with E-state index in [9.17, 15) is 18.0 Å². The van der Waals surface area contributed by atoms with Crippen LogP contribution in [0.25, 0.3) is 0 Å². The van der Waals surface area contributed by atoms with Gasteiger partial charge >= 0.3 is 5.97 Å². The van der Waals surface area contributed by atoms with Gasteiger partial charge in [-0.25, -0.2) is 13.2 Å². The van der Waals surface area contributed by atoms with Crippen LogP contribution in [0.3, 0.4) is 0 Å². The molecule has 3 aromatic rings. The average Bonchev–Trinajstić information content (AvgIpc) is 3.21. The van der Waals surface area contributed by atoms with E-state index in [-0.39, 0.29) is 21.3 Å². The lowest BCUT2D eigenvalue weighted by Gasteiger charge is -2.30. The fourth-order valence-corrected chi connectivity index (χ4v) is 5.27. The number of hydrogen-bond donors (Lipinski definition) is 1. The molecule has 0 atom stereocenters. The smallest absolute Gasteiger partial charge is 0.340 e. The number of ether oxygens (including phenoxy) is 1. The predicted octanol–water partition coefficient (Wildman–Crippen LogP) is 3.57. The van der Waals surface area contributed by atoms with Gasteiger partial charge in [0.1, 0.15) is 5.76 Å². The molecule has 4 rings (SSSR count). The van der Waals surface area contributed by atoms with Gasteiger partial charge in [-0.05, 0) is 49.6 Å². The van der Waals surface area contributed by atoms with E-state index in [1.165, 1.54) is 22.5 Å². The van der Waals surface area contributed by atoms with Crippen LogP contribution in [0.5, 0.6) is 0 Å². The summed E-state index contributed by atoms with van der Waals surface area (Å²) in [6.07, 6.45) is 1.47. The fourth-order valence-electron chi connectivity index (χ4n) is 3.51. The summed E-state index contributed by atoms with van der Waals surface area (Å²) >= 11 is 6.12. The first-order chi connectivity index (χ1) is 15.8. The van der Waals surface area contributed by atoms with Gasteiger partial charge in [-0.1, -0.05) is 35.0 Å². The van der Waals surface area contributed by atoms with Gasteiger partial charge in [0.25, 0.3) is 15.9 Å². The molecule has 172 valence electrons. The molecule has 33 heavy (non-hydrogen) atoms. The maximum Gasteiger partial charge on any atom is 0.340 e. The van der Waals surface area contributed by atoms with E-state index in [4.69, 9.17) is 20.9 Å². The number of sulfonamides is 1. The summed E-state index contributed by atoms with van der Waals surface area (Å²) in [5.41, 5.74) is 1.39. The molecule has 0 unspecified atom stereocenters. The number of esters is 1. The minimum absolute atomic E-state index is 0.00512. The molecule has 2 heterocycles. The quantitative estimate of drug-likeness (QED) is 0.525. The number of hydrogen-bond acceptors (Lipinski definition) is 7. The van der Waals surface area contributed by atoms with Crippen LogP contribution in [-0.2, 0) is 26.0 Å². The number of nitrogens with zero attached hydrogens (tertiary/aromatic N) is 2. The molecule has 2 aromatic carbocycles. The molecule has 0 radical (unpaired) electrons. The molecule has 0 bridgehead atoms. The lowest BCUT2D eigenvalue weighted by molar-refractivity contribution is -0.119. The Labute approximate surface area is 195 Å². The highest BCUT2D eigenvalue weighted by Crippen LogP contribution is 2.33. The molecule has 1 aliphatic heterocycles. The summed E-state index contributed by atoms with van der Waals surface area (Å²) in [5.74, 6) is -0.881. The molecular weight excluding hydrogens is 470 g/mol. The second-order valence-corrected chi connectivity index (χ2v) is 9.67. The topological polar surface area (TPSA) is 119 Å². The first kappa shape index (κ1) is 22.8. The normalized spacial score (nSPS) is 13.3. The summed E-state index contributed by atoms with van der Waals surface area (Å²) in [7, 11) is -3.95. The standard InChI is InChI=1S/C22H20ClN3O6S/c1-14-11-20(25-32-14)24-21(27)13-31-22(28)17-12-16(8-9-18(17)23)33(29,30)26-10-4-6-15-5-2-3-7-19(15)26/h2-3,5,7-9,11-12H,4,6,10,13H2,1H3,(H,24,25,27). The van der Waals surface area contributed by atoms with Crippen molar-refractivity contribution < 1.29 is 27.3 Å². The number of anilines is 2. The SMILES string of the molecule is Cc1cc(NC(=O)COC(=O)c2cc(S(=O)(=O)N3CCCc4ccccc43)ccc2Cl)no1. The van der Waals surface area contributed by atoms with E-state index in [0.29, 0.717) is 24.4 Å². The van der Waals surface area contributed by atoms with Crippen LogP contribution in [-0.4, -0.2) is 38.6 Å². The highest BCUT2D eigenvalue weighted by Gasteiger charge is 2.30. The van der Waals surface area contributed by atoms with Gasteiger partial charge < -0.3 is 14.6 Å². The molecule has 0 saturated heterocycles. The molecule has 1 aromatic heterocycles. The largest absolute Gasteiger partial charge is 0.452 e. The van der Waals surface area contributed by atoms with Gasteiger partial charge in [0.2, 0.25) is 0 Å². The maximum absolute atomic E-state index is 13.4. The van der Waals surface area contributed by atoms with E-state index in [1.54, 1.807) is 19.1 Å². The Kier molecular flexibility index (Phi) is 6.39. The molecule has 0 aliphatic carbocycles. The van der Waals surface area contributed by atoms with Crippen molar-refractivity contribution >= 4 is 45.0 Å². The zero-order chi connectivity index (χ0) is 23.6. The number of carbonyl (C=O) groups is 2. The monoisotopic (exact) mass is 489 g/mol. The first-order valence-electron chi connectivity index (χ1n) is 10.1. The zero-order valence-corrected chi connectivity index (χ0v) is 19.1. The Morgan fingerprint density at radius 1 is 1.21 bits per heavy atom. The van der Waals surface area contributed by atoms with Gasteiger partial charge in [0.15, 0.2) is 12.4 Å². The Hall–Kier alpha value is -3.37. The summed E-state index contributed by atoms with van der Waals surface area (Å²) in [6, 6.07) is 12.6. The van der Waals surface area contributed by atoms with Crippen molar-refractivity contribution in [3.05, 3.63) is 70.4 Å². The van der Waals surface area contributed by atoms with Crippen LogP contribution in [0.2, 0.25) is 5.02 Å². The summed E-state index contributed by atoms with van der Waals surface area (Å²) < 4.78 is 37.9. The van der Waals surface area contributed by atoms with Crippen LogP contribution < -0.4 is 9.62 Å². The Morgan fingerprint density at radius 3 is 2.76 bits per heavy atom. The van der Waals surface area contributed by atoms with Crippen LogP contribution in [0.1, 0.15) is 28.1 Å². The van der Waals surface area contributed by atoms with E-state index in [2.05, 4.69) is 10.5 Å². The molecule has 1 aliphatic rings. The second kappa shape index (κ2) is 9.24. The lowest BCUT2D eigenvalue weighted by atomic mass is 10.0. The third kappa shape index (κ3) is 4.86. The van der Waals surface area contributed by atoms with Gasteiger partial charge in [-0.15, -0.1) is 0 Å². The number of para-hydroxylation sites is 1. The molecular formula is C22H20ClN3O6S. The number of amides is 1. The van der Waals surface area contributed by atoms with Crippen molar-refractivity contribution in [2.75, 3.05) is 22.8 Å². The highest BCUT2D eigenvalue weighted by molar-refractivity contribution is 7.92. The number of rotatable bonds is 6. The average molecular weight is 490 g/mol. The van der Waals surface area contributed by atoms with Crippen LogP contribution in [0.15, 0.2) is 57.9 Å². The number of nitrogens with one attached hydrogen (secondary N) is 1. The van der Waals surface area contributed by atoms with Crippen molar-refractivity contribution in [3.63, 3.8) is 0 Å². The van der Waals surface area contributed by atoms with Crippen LogP contribution in [0.4, 0.5) is 11.5 Å². The summed E-state index contributed by atoms with van der Waals surface area (Å²) in [6.45, 7) is 1.37. The Morgan fingerprint density at radius 2 is 2.00 bits per heavy atom. The van der Waals surface area contributed by atoms with Gasteiger partial charge in [-0.3, -0.25) is 9.10 Å². The summed E-state index contributed by atoms with van der Waals surface area (Å²) in [5, 5.41) is 6.04. The molecule has 1 amide bonds. The highest BCUT2D eigenvalue weighted by atomic mass is 35.5. The molecule has 0 fully saturated rings. The van der Waals surface area contributed by atoms with Crippen molar-refractivity contribution in [2.24, 2.45) is 0 Å². The van der Waals surface area contributed by atoms with E-state index < -0.39 is 28.5 Å². The van der Waals surface area contributed by atoms with E-state index in [1.807, 2.05) is 12.1 Å². The predicted molar refractivity (Wildman–Crippen MR) is 121 cm³/mol. The number of fused-ring (bicyclic) bond motifs is 1. The second-order valence-electron chi connectivity index (χ2n) is 7.40. The number of halogens is 1. The van der Waals surface area contributed by atoms with Gasteiger partial charge in [-0.2, -0.15) is 0 Å². The van der Waals surface area contributed by atoms with Crippen molar-refractivity contribution in [1.82, 2.24) is 5.16 Å². The van der Waals surface area contributed by atoms with Crippen LogP contribution >= 0.6 is 11.6 Å². The minimum atomic E-state index is -3.95. The molecule has 0 spiro atoms. The van der Waals surface area contributed by atoms with Gasteiger partial charge in [0, 0.05) is 12.6 Å². The Bertz CT molecular complexity index is 1320. The summed E-state index contributed by atoms with van der Waals surface area (Å²) in [4.78, 5) is 24.4. The zero-order valence-electron chi connectivity index (χ0n) is 17.6. The minimum Gasteiger partial charge on any atom is -0.452 e. The lowest BCUT2D eigenvalue weighted by Crippen LogP contribution is -2.35. The number of aryl methyl sites for hydroxylation is 2. The maximum atomic E-state index is 13.4. The Balaban J connectivity index is 1.51. The fraction of sp³-hybridized carbons (Fsp3) is 0.227. The molecule has 1 N–H and O–H groups in total. The molecule has 9 nitrogen and oxygen atoms in total. The van der Waals surface area contributed by atoms with Crippen molar-refractivity contribution in [2.45, 2.75) is 24.7 Å². The van der Waals surface area contributed by atoms with E-state index in [0.717, 1.165) is 18.1 Å². The van der Waals surface area contributed by atoms with E-state index >= 15 is 0 Å². The third-order valence-corrected chi connectivity index (χ3v) is 7.18. The number of carbonyl (C=O) groups excluding carboxylic acids is 2. The van der Waals surface area contributed by atoms with Crippen LogP contribution in [0, 0.1) is 6.92 Å². The molecule has 11 heteroatoms. The van der Waals surface area contributed by atoms with Crippen molar-refractivity contribution in [1.29, 1.82) is 0 Å². The number of benzene rings is 2. The first-order valence-corrected chi connectivity index (χ1v) is 11.9. The van der Waals surface area contributed by atoms with Crippen molar-refractivity contribution in [3.8, 4) is 0 Å². The number of aromatic nitrogens is 1. The van der Waals surface area contributed by atoms with Gasteiger partial charge in [0.05, 0.1) is 21.2 Å². The molecule has 0 saturated carbocycles.